The van der Waals surface area contributed by atoms with Crippen LogP contribution in [-0.4, -0.2) is 16.9 Å². The van der Waals surface area contributed by atoms with Crippen molar-refractivity contribution in [3.05, 3.63) is 29.8 Å². The molecule has 0 atom stereocenters. The summed E-state index contributed by atoms with van der Waals surface area (Å²) in [6.45, 7) is 0. The molecule has 0 aromatic heterocycles. The number of carbonyl (C=O) groups excluding carboxylic acids is 2. The number of benzene rings is 1. The molecule has 6 heteroatoms. The standard InChI is InChI=1S/C17H23N3O2S/c18-16(22)13-7-9-14(10-8-13)19-17(23)20-15(21)11-6-12-4-2-1-3-5-12/h7-10,12H,1-6,11H2,(H2,18,22)(H2,19,20,21,23). The van der Waals surface area contributed by atoms with Gasteiger partial charge in [0.2, 0.25) is 11.8 Å². The average molecular weight is 333 g/mol. The van der Waals surface area contributed by atoms with Crippen molar-refractivity contribution in [2.45, 2.75) is 44.9 Å². The van der Waals surface area contributed by atoms with Gasteiger partial charge in [0.1, 0.15) is 0 Å². The van der Waals surface area contributed by atoms with Crippen molar-refractivity contribution < 1.29 is 9.59 Å². The molecule has 0 bridgehead atoms. The molecule has 1 fully saturated rings. The van der Waals surface area contributed by atoms with E-state index >= 15 is 0 Å². The molecule has 23 heavy (non-hydrogen) atoms. The first-order chi connectivity index (χ1) is 11.0. The summed E-state index contributed by atoms with van der Waals surface area (Å²) in [6, 6.07) is 6.61. The van der Waals surface area contributed by atoms with E-state index in [-0.39, 0.29) is 11.0 Å². The van der Waals surface area contributed by atoms with E-state index in [1.165, 1.54) is 32.1 Å². The van der Waals surface area contributed by atoms with Crippen LogP contribution in [0.25, 0.3) is 0 Å². The first-order valence-corrected chi connectivity index (χ1v) is 8.46. The molecule has 0 saturated heterocycles. The minimum atomic E-state index is -0.477. The van der Waals surface area contributed by atoms with Crippen molar-refractivity contribution >= 4 is 34.8 Å². The zero-order valence-electron chi connectivity index (χ0n) is 13.1. The van der Waals surface area contributed by atoms with Gasteiger partial charge in [0.05, 0.1) is 0 Å². The Balaban J connectivity index is 1.72. The van der Waals surface area contributed by atoms with Crippen LogP contribution in [0.3, 0.4) is 0 Å². The molecule has 0 aliphatic heterocycles. The molecule has 5 nitrogen and oxygen atoms in total. The van der Waals surface area contributed by atoms with Crippen LogP contribution >= 0.6 is 12.2 Å². The predicted molar refractivity (Wildman–Crippen MR) is 95.1 cm³/mol. The summed E-state index contributed by atoms with van der Waals surface area (Å²) in [5.74, 6) is 0.148. The van der Waals surface area contributed by atoms with Crippen LogP contribution in [0, 0.1) is 5.92 Å². The van der Waals surface area contributed by atoms with E-state index in [9.17, 15) is 9.59 Å². The van der Waals surface area contributed by atoms with Gasteiger partial charge in [-0.25, -0.2) is 0 Å². The van der Waals surface area contributed by atoms with Crippen molar-refractivity contribution in [2.75, 3.05) is 5.32 Å². The third-order valence-corrected chi connectivity index (χ3v) is 4.39. The van der Waals surface area contributed by atoms with Crippen LogP contribution in [0.4, 0.5) is 5.69 Å². The minimum Gasteiger partial charge on any atom is -0.366 e. The number of nitrogens with two attached hydrogens (primary N) is 1. The summed E-state index contributed by atoms with van der Waals surface area (Å²) in [5.41, 5.74) is 6.31. The van der Waals surface area contributed by atoms with E-state index in [1.54, 1.807) is 24.3 Å². The maximum absolute atomic E-state index is 11.9. The lowest BCUT2D eigenvalue weighted by Gasteiger charge is -2.21. The molecule has 2 rings (SSSR count). The Morgan fingerprint density at radius 2 is 1.78 bits per heavy atom. The van der Waals surface area contributed by atoms with Gasteiger partial charge >= 0.3 is 0 Å². The topological polar surface area (TPSA) is 84.2 Å². The van der Waals surface area contributed by atoms with E-state index in [4.69, 9.17) is 18.0 Å². The van der Waals surface area contributed by atoms with Crippen molar-refractivity contribution in [2.24, 2.45) is 11.7 Å². The monoisotopic (exact) mass is 333 g/mol. The van der Waals surface area contributed by atoms with Crippen LogP contribution in [0.5, 0.6) is 0 Å². The van der Waals surface area contributed by atoms with Crippen molar-refractivity contribution in [1.29, 1.82) is 0 Å². The van der Waals surface area contributed by atoms with E-state index in [0.717, 1.165) is 6.42 Å². The Kier molecular flexibility index (Phi) is 6.52. The van der Waals surface area contributed by atoms with Crippen LogP contribution in [0.2, 0.25) is 0 Å². The van der Waals surface area contributed by atoms with Gasteiger partial charge < -0.3 is 16.4 Å². The number of hydrogen-bond acceptors (Lipinski definition) is 3. The zero-order valence-corrected chi connectivity index (χ0v) is 14.0. The number of primary amides is 1. The number of amides is 2. The number of carbonyl (C=O) groups is 2. The average Bonchev–Trinajstić information content (AvgIpc) is 2.54. The van der Waals surface area contributed by atoms with Gasteiger partial charge in [0.15, 0.2) is 5.11 Å². The second-order valence-corrected chi connectivity index (χ2v) is 6.39. The third-order valence-electron chi connectivity index (χ3n) is 4.18. The van der Waals surface area contributed by atoms with E-state index in [0.29, 0.717) is 23.6 Å². The molecule has 1 aliphatic rings. The summed E-state index contributed by atoms with van der Waals surface area (Å²) in [4.78, 5) is 22.9. The molecule has 2 amide bonds. The highest BCUT2D eigenvalue weighted by molar-refractivity contribution is 7.80. The number of thiocarbonyl (C=S) groups is 1. The van der Waals surface area contributed by atoms with Crippen molar-refractivity contribution in [3.63, 3.8) is 0 Å². The second kappa shape index (κ2) is 8.62. The largest absolute Gasteiger partial charge is 0.366 e. The Morgan fingerprint density at radius 3 is 2.39 bits per heavy atom. The van der Waals surface area contributed by atoms with Gasteiger partial charge in [0, 0.05) is 17.7 Å². The van der Waals surface area contributed by atoms with Crippen molar-refractivity contribution in [3.8, 4) is 0 Å². The van der Waals surface area contributed by atoms with E-state index in [1.807, 2.05) is 0 Å². The molecule has 0 heterocycles. The molecule has 124 valence electrons. The van der Waals surface area contributed by atoms with E-state index < -0.39 is 5.91 Å². The lowest BCUT2D eigenvalue weighted by molar-refractivity contribution is -0.120. The van der Waals surface area contributed by atoms with Crippen LogP contribution in [-0.2, 0) is 4.79 Å². The maximum Gasteiger partial charge on any atom is 0.248 e. The van der Waals surface area contributed by atoms with Gasteiger partial charge in [-0.2, -0.15) is 0 Å². The van der Waals surface area contributed by atoms with Crippen LogP contribution in [0.1, 0.15) is 55.3 Å². The SMILES string of the molecule is NC(=O)c1ccc(NC(=S)NC(=O)CCC2CCCCC2)cc1. The summed E-state index contributed by atoms with van der Waals surface area (Å²) in [5, 5.41) is 5.89. The fourth-order valence-electron chi connectivity index (χ4n) is 2.88. The van der Waals surface area contributed by atoms with Gasteiger partial charge in [-0.15, -0.1) is 0 Å². The number of anilines is 1. The summed E-state index contributed by atoms with van der Waals surface area (Å²) < 4.78 is 0. The fourth-order valence-corrected chi connectivity index (χ4v) is 3.11. The first-order valence-electron chi connectivity index (χ1n) is 8.05. The van der Waals surface area contributed by atoms with Crippen LogP contribution < -0.4 is 16.4 Å². The molecule has 0 spiro atoms. The Labute approximate surface area is 142 Å². The molecule has 0 unspecified atom stereocenters. The molecule has 1 aromatic carbocycles. The fraction of sp³-hybridized carbons (Fsp3) is 0.471. The molecular weight excluding hydrogens is 310 g/mol. The highest BCUT2D eigenvalue weighted by Gasteiger charge is 2.15. The zero-order chi connectivity index (χ0) is 16.7. The Hall–Kier alpha value is -1.95. The van der Waals surface area contributed by atoms with Gasteiger partial charge in [-0.05, 0) is 48.8 Å². The lowest BCUT2D eigenvalue weighted by Crippen LogP contribution is -2.34. The normalized spacial score (nSPS) is 15.0. The second-order valence-electron chi connectivity index (χ2n) is 5.99. The van der Waals surface area contributed by atoms with Gasteiger partial charge in [-0.3, -0.25) is 9.59 Å². The maximum atomic E-state index is 11.9. The Morgan fingerprint density at radius 1 is 1.13 bits per heavy atom. The number of hydrogen-bond donors (Lipinski definition) is 3. The molecule has 1 saturated carbocycles. The molecule has 4 N–H and O–H groups in total. The van der Waals surface area contributed by atoms with Crippen LogP contribution in [0.15, 0.2) is 24.3 Å². The number of nitrogens with one attached hydrogen (secondary N) is 2. The predicted octanol–water partition coefficient (Wildman–Crippen LogP) is 2.96. The summed E-state index contributed by atoms with van der Waals surface area (Å²) in [7, 11) is 0. The molecule has 1 aromatic rings. The number of rotatable bonds is 5. The summed E-state index contributed by atoms with van der Waals surface area (Å²) in [6.07, 6.45) is 7.81. The van der Waals surface area contributed by atoms with Gasteiger partial charge in [0.25, 0.3) is 0 Å². The smallest absolute Gasteiger partial charge is 0.248 e. The van der Waals surface area contributed by atoms with Gasteiger partial charge in [-0.1, -0.05) is 32.1 Å². The highest BCUT2D eigenvalue weighted by Crippen LogP contribution is 2.27. The minimum absolute atomic E-state index is 0.0539. The Bertz CT molecular complexity index is 566. The first kappa shape index (κ1) is 17.4. The summed E-state index contributed by atoms with van der Waals surface area (Å²) >= 11 is 5.13. The lowest BCUT2D eigenvalue weighted by atomic mass is 9.86. The van der Waals surface area contributed by atoms with Crippen molar-refractivity contribution in [1.82, 2.24) is 5.32 Å². The molecular formula is C17H23N3O2S. The quantitative estimate of drug-likeness (QED) is 0.723. The molecule has 1 aliphatic carbocycles. The molecule has 0 radical (unpaired) electrons. The third kappa shape index (κ3) is 5.98. The highest BCUT2D eigenvalue weighted by atomic mass is 32.1. The van der Waals surface area contributed by atoms with E-state index in [2.05, 4.69) is 10.6 Å².